The molecule has 1 aromatic rings. The molecule has 1 heterocycles. The molecular weight excluding hydrogens is 244 g/mol. The fraction of sp³-hybridized carbons (Fsp3) is 0.846. The lowest BCUT2D eigenvalue weighted by atomic mass is 9.76. The summed E-state index contributed by atoms with van der Waals surface area (Å²) in [5.41, 5.74) is -0.625. The number of rotatable bonds is 5. The number of ketones is 1. The number of Topliss-reactive ketones (excluding diaryl/α,β-unsaturated/α-hetero) is 1. The molecule has 0 aliphatic heterocycles. The molecule has 1 aliphatic rings. The first kappa shape index (κ1) is 14.1. The lowest BCUT2D eigenvalue weighted by Crippen LogP contribution is -2.45. The first-order valence-corrected chi connectivity index (χ1v) is 6.96. The van der Waals surface area contributed by atoms with Gasteiger partial charge in [-0.2, -0.15) is 4.80 Å². The van der Waals surface area contributed by atoms with Gasteiger partial charge < -0.3 is 4.74 Å². The molecule has 0 aromatic carbocycles. The summed E-state index contributed by atoms with van der Waals surface area (Å²) in [5, 5.41) is 11.7. The zero-order valence-electron chi connectivity index (χ0n) is 11.9. The maximum Gasteiger partial charge on any atom is 0.182 e. The molecule has 0 unspecified atom stereocenters. The number of carbonyl (C=O) groups excluding carboxylic acids is 1. The van der Waals surface area contributed by atoms with Crippen molar-refractivity contribution in [2.24, 2.45) is 13.0 Å². The number of carbonyl (C=O) groups is 1. The molecule has 1 saturated carbocycles. The van der Waals surface area contributed by atoms with E-state index in [9.17, 15) is 4.79 Å². The first-order chi connectivity index (χ1) is 9.05. The van der Waals surface area contributed by atoms with Gasteiger partial charge >= 0.3 is 0 Å². The molecule has 0 radical (unpaired) electrons. The predicted molar refractivity (Wildman–Crippen MR) is 69.5 cm³/mol. The third-order valence-corrected chi connectivity index (χ3v) is 3.88. The minimum atomic E-state index is -0.625. The van der Waals surface area contributed by atoms with Gasteiger partial charge in [0.2, 0.25) is 0 Å². The molecular formula is C13H22N4O2. The van der Waals surface area contributed by atoms with Gasteiger partial charge in [-0.05, 0) is 43.7 Å². The molecule has 0 spiro atoms. The van der Waals surface area contributed by atoms with Crippen molar-refractivity contribution in [3.05, 3.63) is 5.82 Å². The monoisotopic (exact) mass is 266 g/mol. The van der Waals surface area contributed by atoms with Gasteiger partial charge in [-0.25, -0.2) is 0 Å². The van der Waals surface area contributed by atoms with Crippen molar-refractivity contribution in [2.75, 3.05) is 6.61 Å². The highest BCUT2D eigenvalue weighted by molar-refractivity contribution is 5.88. The van der Waals surface area contributed by atoms with E-state index in [0.29, 0.717) is 18.3 Å². The lowest BCUT2D eigenvalue weighted by molar-refractivity contribution is -0.149. The van der Waals surface area contributed by atoms with E-state index in [0.717, 1.165) is 25.7 Å². The van der Waals surface area contributed by atoms with Gasteiger partial charge in [0.1, 0.15) is 5.60 Å². The average Bonchev–Trinajstić information content (AvgIpc) is 2.78. The molecule has 0 N–H and O–H groups in total. The lowest BCUT2D eigenvalue weighted by Gasteiger charge is -2.37. The van der Waals surface area contributed by atoms with Crippen molar-refractivity contribution in [1.82, 2.24) is 20.2 Å². The normalized spacial score (nSPS) is 27.4. The summed E-state index contributed by atoms with van der Waals surface area (Å²) in [5.74, 6) is 1.25. The van der Waals surface area contributed by atoms with Gasteiger partial charge in [-0.1, -0.05) is 6.92 Å². The third-order valence-electron chi connectivity index (χ3n) is 3.88. The van der Waals surface area contributed by atoms with Crippen molar-refractivity contribution in [2.45, 2.75) is 51.6 Å². The Labute approximate surface area is 113 Å². The van der Waals surface area contributed by atoms with Gasteiger partial charge in [0.05, 0.1) is 13.5 Å². The fourth-order valence-electron chi connectivity index (χ4n) is 2.71. The zero-order valence-corrected chi connectivity index (χ0v) is 11.9. The van der Waals surface area contributed by atoms with Crippen LogP contribution in [0, 0.1) is 5.92 Å². The van der Waals surface area contributed by atoms with Gasteiger partial charge in [0.25, 0.3) is 0 Å². The maximum atomic E-state index is 12.6. The molecule has 0 atom stereocenters. The summed E-state index contributed by atoms with van der Waals surface area (Å²) < 4.78 is 5.83. The van der Waals surface area contributed by atoms with Crippen molar-refractivity contribution in [1.29, 1.82) is 0 Å². The number of ether oxygens (including phenoxy) is 1. The highest BCUT2D eigenvalue weighted by Gasteiger charge is 2.41. The van der Waals surface area contributed by atoms with Crippen LogP contribution < -0.4 is 0 Å². The van der Waals surface area contributed by atoms with Crippen LogP contribution in [0.5, 0.6) is 0 Å². The molecule has 0 saturated heterocycles. The molecule has 1 fully saturated rings. The van der Waals surface area contributed by atoms with E-state index < -0.39 is 5.60 Å². The summed E-state index contributed by atoms with van der Waals surface area (Å²) in [6.07, 6.45) is 3.91. The van der Waals surface area contributed by atoms with Crippen LogP contribution >= 0.6 is 0 Å². The van der Waals surface area contributed by atoms with Crippen LogP contribution in [0.15, 0.2) is 0 Å². The Morgan fingerprint density at radius 1 is 1.47 bits per heavy atom. The second-order valence-corrected chi connectivity index (χ2v) is 5.40. The Kier molecular flexibility index (Phi) is 4.29. The number of tetrazole rings is 1. The van der Waals surface area contributed by atoms with Crippen molar-refractivity contribution in [3.8, 4) is 0 Å². The van der Waals surface area contributed by atoms with E-state index in [1.165, 1.54) is 4.80 Å². The van der Waals surface area contributed by atoms with E-state index in [2.05, 4.69) is 22.3 Å². The molecule has 19 heavy (non-hydrogen) atoms. The van der Waals surface area contributed by atoms with Crippen LogP contribution in [0.3, 0.4) is 0 Å². The smallest absolute Gasteiger partial charge is 0.182 e. The molecule has 6 heteroatoms. The Bertz CT molecular complexity index is 436. The van der Waals surface area contributed by atoms with Crippen LogP contribution in [-0.2, 0) is 23.0 Å². The number of hydrogen-bond acceptors (Lipinski definition) is 5. The predicted octanol–water partition coefficient (Wildman–Crippen LogP) is 1.31. The Hall–Kier alpha value is -1.30. The largest absolute Gasteiger partial charge is 0.367 e. The fourth-order valence-corrected chi connectivity index (χ4v) is 2.71. The third kappa shape index (κ3) is 3.18. The molecule has 1 aliphatic carbocycles. The van der Waals surface area contributed by atoms with Crippen molar-refractivity contribution in [3.63, 3.8) is 0 Å². The molecule has 6 nitrogen and oxygen atoms in total. The van der Waals surface area contributed by atoms with Crippen LogP contribution in [0.1, 0.15) is 45.4 Å². The minimum Gasteiger partial charge on any atom is -0.367 e. The van der Waals surface area contributed by atoms with Gasteiger partial charge in [-0.3, -0.25) is 4.79 Å². The summed E-state index contributed by atoms with van der Waals surface area (Å²) >= 11 is 0. The van der Waals surface area contributed by atoms with E-state index in [1.54, 1.807) is 7.05 Å². The van der Waals surface area contributed by atoms with Crippen LogP contribution in [0.2, 0.25) is 0 Å². The van der Waals surface area contributed by atoms with Gasteiger partial charge in [-0.15, -0.1) is 10.2 Å². The quantitative estimate of drug-likeness (QED) is 0.803. The van der Waals surface area contributed by atoms with Crippen LogP contribution in [-0.4, -0.2) is 38.2 Å². The van der Waals surface area contributed by atoms with E-state index in [4.69, 9.17) is 4.74 Å². The standard InChI is InChI=1S/C13H22N4O2/c1-4-19-13(7-5-10(2)6-8-13)11(18)9-12-14-16-17(3)15-12/h10H,4-9H2,1-3H3. The number of aromatic nitrogens is 4. The Morgan fingerprint density at radius 3 is 2.68 bits per heavy atom. The summed E-state index contributed by atoms with van der Waals surface area (Å²) in [4.78, 5) is 13.9. The summed E-state index contributed by atoms with van der Waals surface area (Å²) in [7, 11) is 1.70. The minimum absolute atomic E-state index is 0.0919. The number of aryl methyl sites for hydroxylation is 1. The second-order valence-electron chi connectivity index (χ2n) is 5.40. The highest BCUT2D eigenvalue weighted by Crippen LogP contribution is 2.36. The second kappa shape index (κ2) is 5.77. The molecule has 106 valence electrons. The highest BCUT2D eigenvalue weighted by atomic mass is 16.5. The SMILES string of the molecule is CCOC1(C(=O)Cc2nnn(C)n2)CCC(C)CC1. The Balaban J connectivity index is 2.08. The van der Waals surface area contributed by atoms with E-state index >= 15 is 0 Å². The summed E-state index contributed by atoms with van der Waals surface area (Å²) in [6.45, 7) is 4.73. The van der Waals surface area contributed by atoms with Crippen LogP contribution in [0.25, 0.3) is 0 Å². The van der Waals surface area contributed by atoms with E-state index in [-0.39, 0.29) is 12.2 Å². The van der Waals surface area contributed by atoms with E-state index in [1.807, 2.05) is 6.92 Å². The maximum absolute atomic E-state index is 12.6. The van der Waals surface area contributed by atoms with Crippen LogP contribution in [0.4, 0.5) is 0 Å². The molecule has 0 amide bonds. The van der Waals surface area contributed by atoms with Crippen molar-refractivity contribution < 1.29 is 9.53 Å². The molecule has 1 aromatic heterocycles. The molecule has 0 bridgehead atoms. The number of nitrogens with zero attached hydrogens (tertiary/aromatic N) is 4. The average molecular weight is 266 g/mol. The molecule has 2 rings (SSSR count). The van der Waals surface area contributed by atoms with Gasteiger partial charge in [0.15, 0.2) is 11.6 Å². The Morgan fingerprint density at radius 2 is 2.16 bits per heavy atom. The summed E-state index contributed by atoms with van der Waals surface area (Å²) in [6, 6.07) is 0. The van der Waals surface area contributed by atoms with Gasteiger partial charge in [0, 0.05) is 6.61 Å². The van der Waals surface area contributed by atoms with Crippen molar-refractivity contribution >= 4 is 5.78 Å². The zero-order chi connectivity index (χ0) is 13.9. The topological polar surface area (TPSA) is 69.9 Å². The number of hydrogen-bond donors (Lipinski definition) is 0. The first-order valence-electron chi connectivity index (χ1n) is 6.96.